The highest BCUT2D eigenvalue weighted by Crippen LogP contribution is 2.36. The third kappa shape index (κ3) is 1.94. The molecular weight excluding hydrogens is 234 g/mol. The minimum atomic E-state index is -0.567. The molecule has 0 aromatic carbocycles. The van der Waals surface area contributed by atoms with E-state index in [0.29, 0.717) is 17.7 Å². The number of aromatic nitrogens is 3. The van der Waals surface area contributed by atoms with Crippen molar-refractivity contribution in [2.45, 2.75) is 25.3 Å². The third-order valence-electron chi connectivity index (χ3n) is 4.08. The van der Waals surface area contributed by atoms with Gasteiger partial charge in [0, 0.05) is 19.1 Å². The molecule has 7 nitrogen and oxygen atoms in total. The smallest absolute Gasteiger partial charge is 0.342 e. The van der Waals surface area contributed by atoms with Gasteiger partial charge in [0.1, 0.15) is 0 Å². The lowest BCUT2D eigenvalue weighted by atomic mass is 9.79. The molecule has 1 aromatic rings. The van der Waals surface area contributed by atoms with Crippen molar-refractivity contribution in [3.8, 4) is 0 Å². The summed E-state index contributed by atoms with van der Waals surface area (Å²) in [5.74, 6) is 1.46. The van der Waals surface area contributed by atoms with Gasteiger partial charge in [-0.3, -0.25) is 9.78 Å². The second-order valence-corrected chi connectivity index (χ2v) is 5.33. The Balaban J connectivity index is 1.83. The van der Waals surface area contributed by atoms with Crippen LogP contribution in [0.25, 0.3) is 0 Å². The zero-order chi connectivity index (χ0) is 12.7. The van der Waals surface area contributed by atoms with Crippen molar-refractivity contribution in [1.29, 1.82) is 0 Å². The number of H-pyrrole nitrogens is 2. The summed E-state index contributed by atoms with van der Waals surface area (Å²) in [6.07, 6.45) is 3.19. The molecule has 4 N–H and O–H groups in total. The summed E-state index contributed by atoms with van der Waals surface area (Å²) >= 11 is 0. The van der Waals surface area contributed by atoms with Crippen molar-refractivity contribution in [3.05, 3.63) is 20.8 Å². The maximum atomic E-state index is 11.7. The van der Waals surface area contributed by atoms with Crippen LogP contribution in [0.5, 0.6) is 0 Å². The third-order valence-corrected chi connectivity index (χ3v) is 4.08. The Hall–Kier alpha value is -1.63. The van der Waals surface area contributed by atoms with Gasteiger partial charge in [-0.15, -0.1) is 5.10 Å². The molecule has 1 saturated carbocycles. The van der Waals surface area contributed by atoms with Crippen LogP contribution in [0.3, 0.4) is 0 Å². The molecule has 0 spiro atoms. The first-order chi connectivity index (χ1) is 8.63. The Labute approximate surface area is 103 Å². The lowest BCUT2D eigenvalue weighted by molar-refractivity contribution is 0.271. The van der Waals surface area contributed by atoms with E-state index in [4.69, 9.17) is 5.73 Å². The van der Waals surface area contributed by atoms with Crippen LogP contribution in [0.4, 0.5) is 5.82 Å². The molecule has 3 atom stereocenters. The molecule has 7 heteroatoms. The fourth-order valence-corrected chi connectivity index (χ4v) is 3.20. The molecule has 2 fully saturated rings. The Morgan fingerprint density at radius 2 is 2.00 bits per heavy atom. The number of aromatic amines is 2. The molecular formula is C11H17N5O2. The molecule has 98 valence electrons. The summed E-state index contributed by atoms with van der Waals surface area (Å²) in [5, 5.41) is 6.13. The average Bonchev–Trinajstić information content (AvgIpc) is 2.71. The maximum Gasteiger partial charge on any atom is 0.342 e. The lowest BCUT2D eigenvalue weighted by Crippen LogP contribution is -2.33. The molecule has 2 aliphatic rings. The van der Waals surface area contributed by atoms with Gasteiger partial charge in [0.2, 0.25) is 5.82 Å². The van der Waals surface area contributed by atoms with Crippen molar-refractivity contribution in [2.75, 3.05) is 18.0 Å². The van der Waals surface area contributed by atoms with Crippen LogP contribution in [0.15, 0.2) is 9.59 Å². The predicted molar refractivity (Wildman–Crippen MR) is 66.5 cm³/mol. The minimum Gasteiger partial charge on any atom is -0.350 e. The second kappa shape index (κ2) is 4.24. The first-order valence-corrected chi connectivity index (χ1v) is 6.33. The average molecular weight is 251 g/mol. The number of hydrogen-bond acceptors (Lipinski definition) is 5. The standard InChI is InChI=1S/C11H17N5O2/c12-8-2-1-6-4-16(5-7(6)3-8)9-10(17)13-11(18)15-14-9/h6-8H,1-5,12H2,(H2,13,15,17,18)/t6-,7+,8?/m0/s1. The minimum absolute atomic E-state index is 0.285. The van der Waals surface area contributed by atoms with Crippen LogP contribution in [0.1, 0.15) is 19.3 Å². The first-order valence-electron chi connectivity index (χ1n) is 6.33. The van der Waals surface area contributed by atoms with Crippen LogP contribution in [0, 0.1) is 11.8 Å². The molecule has 1 aliphatic carbocycles. The fourth-order valence-electron chi connectivity index (χ4n) is 3.20. The Morgan fingerprint density at radius 3 is 2.78 bits per heavy atom. The molecule has 3 rings (SSSR count). The highest BCUT2D eigenvalue weighted by molar-refractivity contribution is 5.36. The van der Waals surface area contributed by atoms with Gasteiger partial charge in [-0.2, -0.15) is 0 Å². The summed E-state index contributed by atoms with van der Waals surface area (Å²) < 4.78 is 0. The molecule has 1 unspecified atom stereocenters. The maximum absolute atomic E-state index is 11.7. The van der Waals surface area contributed by atoms with E-state index in [1.807, 2.05) is 4.90 Å². The molecule has 1 aliphatic heterocycles. The zero-order valence-corrected chi connectivity index (χ0v) is 10.1. The normalized spacial score (nSPS) is 31.4. The van der Waals surface area contributed by atoms with E-state index in [-0.39, 0.29) is 6.04 Å². The zero-order valence-electron chi connectivity index (χ0n) is 10.1. The van der Waals surface area contributed by atoms with Crippen molar-refractivity contribution in [2.24, 2.45) is 17.6 Å². The van der Waals surface area contributed by atoms with Crippen LogP contribution < -0.4 is 21.9 Å². The number of nitrogens with two attached hydrogens (primary N) is 1. The van der Waals surface area contributed by atoms with Crippen molar-refractivity contribution < 1.29 is 0 Å². The summed E-state index contributed by atoms with van der Waals surface area (Å²) in [4.78, 5) is 26.8. The first kappa shape index (κ1) is 11.5. The highest BCUT2D eigenvalue weighted by atomic mass is 16.2. The van der Waals surface area contributed by atoms with E-state index >= 15 is 0 Å². The lowest BCUT2D eigenvalue weighted by Gasteiger charge is -2.27. The van der Waals surface area contributed by atoms with E-state index in [1.165, 1.54) is 0 Å². The Bertz CT molecular complexity index is 551. The molecule has 18 heavy (non-hydrogen) atoms. The molecule has 1 aromatic heterocycles. The topological polar surface area (TPSA) is 108 Å². The second-order valence-electron chi connectivity index (χ2n) is 5.33. The van der Waals surface area contributed by atoms with Gasteiger partial charge in [0.05, 0.1) is 0 Å². The van der Waals surface area contributed by atoms with Crippen LogP contribution >= 0.6 is 0 Å². The monoisotopic (exact) mass is 251 g/mol. The SMILES string of the molecule is NC1CC[C@H]2CN(c3n[nH]c(=O)[nH]c3=O)C[C@H]2C1. The van der Waals surface area contributed by atoms with Crippen LogP contribution in [0.2, 0.25) is 0 Å². The van der Waals surface area contributed by atoms with E-state index in [0.717, 1.165) is 32.4 Å². The summed E-state index contributed by atoms with van der Waals surface area (Å²) in [6, 6.07) is 0.285. The summed E-state index contributed by atoms with van der Waals surface area (Å²) in [6.45, 7) is 1.64. The van der Waals surface area contributed by atoms with Crippen molar-refractivity contribution >= 4 is 5.82 Å². The Morgan fingerprint density at radius 1 is 1.22 bits per heavy atom. The van der Waals surface area contributed by atoms with E-state index in [1.54, 1.807) is 0 Å². The molecule has 0 radical (unpaired) electrons. The van der Waals surface area contributed by atoms with Gasteiger partial charge in [-0.1, -0.05) is 0 Å². The van der Waals surface area contributed by atoms with Gasteiger partial charge in [-0.25, -0.2) is 9.89 Å². The van der Waals surface area contributed by atoms with Crippen molar-refractivity contribution in [3.63, 3.8) is 0 Å². The number of fused-ring (bicyclic) bond motifs is 1. The van der Waals surface area contributed by atoms with Gasteiger partial charge < -0.3 is 10.6 Å². The van der Waals surface area contributed by atoms with E-state index < -0.39 is 11.2 Å². The number of rotatable bonds is 1. The predicted octanol–water partition coefficient (Wildman–Crippen LogP) is -0.978. The quantitative estimate of drug-likeness (QED) is 0.594. The van der Waals surface area contributed by atoms with E-state index in [2.05, 4.69) is 15.2 Å². The highest BCUT2D eigenvalue weighted by Gasteiger charge is 2.37. The molecule has 1 saturated heterocycles. The fraction of sp³-hybridized carbons (Fsp3) is 0.727. The van der Waals surface area contributed by atoms with Gasteiger partial charge in [-0.05, 0) is 31.1 Å². The molecule has 0 bridgehead atoms. The molecule has 2 heterocycles. The van der Waals surface area contributed by atoms with Gasteiger partial charge >= 0.3 is 5.69 Å². The van der Waals surface area contributed by atoms with Crippen LogP contribution in [-0.4, -0.2) is 34.3 Å². The van der Waals surface area contributed by atoms with E-state index in [9.17, 15) is 9.59 Å². The van der Waals surface area contributed by atoms with Gasteiger partial charge in [0.15, 0.2) is 0 Å². The van der Waals surface area contributed by atoms with Gasteiger partial charge in [0.25, 0.3) is 5.56 Å². The van der Waals surface area contributed by atoms with Crippen LogP contribution in [-0.2, 0) is 0 Å². The summed E-state index contributed by atoms with van der Waals surface area (Å²) in [5.41, 5.74) is 4.99. The Kier molecular flexibility index (Phi) is 2.70. The summed E-state index contributed by atoms with van der Waals surface area (Å²) in [7, 11) is 0. The largest absolute Gasteiger partial charge is 0.350 e. The van der Waals surface area contributed by atoms with Crippen molar-refractivity contribution in [1.82, 2.24) is 15.2 Å². The number of anilines is 1. The molecule has 0 amide bonds. The number of nitrogens with zero attached hydrogens (tertiary/aromatic N) is 2. The number of nitrogens with one attached hydrogen (secondary N) is 2. The number of hydrogen-bond donors (Lipinski definition) is 3.